The predicted molar refractivity (Wildman–Crippen MR) is 88.3 cm³/mol. The zero-order valence-corrected chi connectivity index (χ0v) is 13.4. The zero-order chi connectivity index (χ0) is 16.3. The van der Waals surface area contributed by atoms with Gasteiger partial charge in [-0.2, -0.15) is 4.31 Å². The Labute approximate surface area is 136 Å². The first-order valence-corrected chi connectivity index (χ1v) is 8.90. The third kappa shape index (κ3) is 3.28. The highest BCUT2D eigenvalue weighted by Gasteiger charge is 2.27. The lowest BCUT2D eigenvalue weighted by Crippen LogP contribution is -2.47. The van der Waals surface area contributed by atoms with Gasteiger partial charge in [-0.15, -0.1) is 0 Å². The molecule has 0 aliphatic carbocycles. The Morgan fingerprint density at radius 1 is 0.783 bits per heavy atom. The topological polar surface area (TPSA) is 57.7 Å². The van der Waals surface area contributed by atoms with E-state index in [2.05, 4.69) is 0 Å². The van der Waals surface area contributed by atoms with Gasteiger partial charge < -0.3 is 4.90 Å². The molecule has 1 amide bonds. The second-order valence-corrected chi connectivity index (χ2v) is 7.37. The summed E-state index contributed by atoms with van der Waals surface area (Å²) in [5.74, 6) is 0. The monoisotopic (exact) mass is 330 g/mol. The van der Waals surface area contributed by atoms with Crippen LogP contribution in [0.3, 0.4) is 0 Å². The molecule has 3 rings (SSSR count). The molecule has 2 aromatic carbocycles. The van der Waals surface area contributed by atoms with E-state index in [-0.39, 0.29) is 4.90 Å². The minimum absolute atomic E-state index is 0.289. The second-order valence-electron chi connectivity index (χ2n) is 5.44. The fraction of sp³-hybridized carbons (Fsp3) is 0.235. The van der Waals surface area contributed by atoms with Gasteiger partial charge in [-0.05, 0) is 23.3 Å². The molecule has 0 aromatic heterocycles. The molecule has 0 radical (unpaired) electrons. The van der Waals surface area contributed by atoms with E-state index < -0.39 is 10.0 Å². The van der Waals surface area contributed by atoms with Crippen molar-refractivity contribution >= 4 is 16.4 Å². The molecule has 0 N–H and O–H groups in total. The van der Waals surface area contributed by atoms with Gasteiger partial charge in [-0.25, -0.2) is 8.42 Å². The number of hydrogen-bond acceptors (Lipinski definition) is 3. The number of benzene rings is 2. The number of carbonyl (C=O) groups excluding carboxylic acids is 1. The Morgan fingerprint density at radius 2 is 1.35 bits per heavy atom. The third-order valence-corrected chi connectivity index (χ3v) is 5.93. The van der Waals surface area contributed by atoms with Gasteiger partial charge in [0, 0.05) is 26.2 Å². The van der Waals surface area contributed by atoms with Crippen LogP contribution >= 0.6 is 0 Å². The highest BCUT2D eigenvalue weighted by Crippen LogP contribution is 2.23. The largest absolute Gasteiger partial charge is 0.343 e. The molecule has 0 bridgehead atoms. The van der Waals surface area contributed by atoms with E-state index in [0.29, 0.717) is 26.2 Å². The quantitative estimate of drug-likeness (QED) is 0.804. The molecule has 0 unspecified atom stereocenters. The van der Waals surface area contributed by atoms with Crippen molar-refractivity contribution in [2.75, 3.05) is 26.2 Å². The number of piperazine rings is 1. The van der Waals surface area contributed by atoms with E-state index in [0.717, 1.165) is 17.5 Å². The fourth-order valence-electron chi connectivity index (χ4n) is 2.65. The number of hydrogen-bond donors (Lipinski definition) is 0. The maximum atomic E-state index is 12.6. The Bertz CT molecular complexity index is 765. The molecule has 23 heavy (non-hydrogen) atoms. The van der Waals surface area contributed by atoms with Crippen LogP contribution in [0, 0.1) is 0 Å². The molecule has 1 heterocycles. The first kappa shape index (κ1) is 15.7. The maximum absolute atomic E-state index is 12.6. The summed E-state index contributed by atoms with van der Waals surface area (Å²) < 4.78 is 26.7. The van der Waals surface area contributed by atoms with Crippen LogP contribution < -0.4 is 0 Å². The van der Waals surface area contributed by atoms with Crippen molar-refractivity contribution in [3.63, 3.8) is 0 Å². The van der Waals surface area contributed by atoms with Gasteiger partial charge in [0.15, 0.2) is 0 Å². The molecule has 0 atom stereocenters. The average molecular weight is 330 g/mol. The van der Waals surface area contributed by atoms with Crippen LogP contribution in [0.1, 0.15) is 0 Å². The molecule has 1 fully saturated rings. The fourth-order valence-corrected chi connectivity index (χ4v) is 4.07. The van der Waals surface area contributed by atoms with Gasteiger partial charge in [0.05, 0.1) is 4.90 Å². The predicted octanol–water partition coefficient (Wildman–Crippen LogP) is 1.82. The van der Waals surface area contributed by atoms with E-state index in [1.165, 1.54) is 4.31 Å². The number of nitrogens with zero attached hydrogens (tertiary/aromatic N) is 2. The van der Waals surface area contributed by atoms with Crippen LogP contribution in [0.4, 0.5) is 0 Å². The highest BCUT2D eigenvalue weighted by molar-refractivity contribution is 7.89. The van der Waals surface area contributed by atoms with E-state index in [1.54, 1.807) is 17.0 Å². The second kappa shape index (κ2) is 6.52. The van der Waals surface area contributed by atoms with Crippen molar-refractivity contribution in [3.8, 4) is 11.1 Å². The highest BCUT2D eigenvalue weighted by atomic mass is 32.2. The zero-order valence-electron chi connectivity index (χ0n) is 12.6. The summed E-state index contributed by atoms with van der Waals surface area (Å²) in [7, 11) is -3.50. The normalized spacial score (nSPS) is 16.3. The molecule has 120 valence electrons. The average Bonchev–Trinajstić information content (AvgIpc) is 2.62. The third-order valence-electron chi connectivity index (χ3n) is 4.02. The Hall–Kier alpha value is -2.18. The molecular weight excluding hydrogens is 312 g/mol. The summed E-state index contributed by atoms with van der Waals surface area (Å²) in [4.78, 5) is 12.6. The number of rotatable bonds is 4. The lowest BCUT2D eigenvalue weighted by atomic mass is 10.1. The summed E-state index contributed by atoms with van der Waals surface area (Å²) in [6, 6.07) is 16.8. The van der Waals surface area contributed by atoms with E-state index in [4.69, 9.17) is 0 Å². The summed E-state index contributed by atoms with van der Waals surface area (Å²) >= 11 is 0. The SMILES string of the molecule is O=CN1CCN(S(=O)(=O)c2ccc(-c3ccccc3)cc2)CC1. The first-order valence-electron chi connectivity index (χ1n) is 7.46. The minimum Gasteiger partial charge on any atom is -0.343 e. The molecule has 1 aliphatic heterocycles. The van der Waals surface area contributed by atoms with Crippen LogP contribution in [-0.4, -0.2) is 50.2 Å². The van der Waals surface area contributed by atoms with Crippen LogP contribution in [-0.2, 0) is 14.8 Å². The van der Waals surface area contributed by atoms with E-state index >= 15 is 0 Å². The molecule has 0 spiro atoms. The summed E-state index contributed by atoms with van der Waals surface area (Å²) in [6.07, 6.45) is 0.763. The van der Waals surface area contributed by atoms with Crippen molar-refractivity contribution in [3.05, 3.63) is 54.6 Å². The standard InChI is InChI=1S/C17H18N2O3S/c20-14-18-10-12-19(13-11-18)23(21,22)17-8-6-16(7-9-17)15-4-2-1-3-5-15/h1-9,14H,10-13H2. The lowest BCUT2D eigenvalue weighted by Gasteiger charge is -2.31. The molecule has 1 saturated heterocycles. The van der Waals surface area contributed by atoms with Gasteiger partial charge in [-0.1, -0.05) is 42.5 Å². The smallest absolute Gasteiger partial charge is 0.243 e. The number of carbonyl (C=O) groups is 1. The van der Waals surface area contributed by atoms with Gasteiger partial charge in [-0.3, -0.25) is 4.79 Å². The van der Waals surface area contributed by atoms with Crippen molar-refractivity contribution in [1.29, 1.82) is 0 Å². The molecule has 2 aromatic rings. The summed E-state index contributed by atoms with van der Waals surface area (Å²) in [5, 5.41) is 0. The van der Waals surface area contributed by atoms with Gasteiger partial charge in [0.25, 0.3) is 0 Å². The van der Waals surface area contributed by atoms with Gasteiger partial charge in [0.2, 0.25) is 16.4 Å². The minimum atomic E-state index is -3.50. The van der Waals surface area contributed by atoms with Crippen LogP contribution in [0.15, 0.2) is 59.5 Å². The molecule has 5 nitrogen and oxygen atoms in total. The maximum Gasteiger partial charge on any atom is 0.243 e. The Morgan fingerprint density at radius 3 is 1.91 bits per heavy atom. The first-order chi connectivity index (χ1) is 11.1. The molecule has 6 heteroatoms. The molecular formula is C17H18N2O3S. The van der Waals surface area contributed by atoms with Crippen LogP contribution in [0.2, 0.25) is 0 Å². The van der Waals surface area contributed by atoms with Crippen LogP contribution in [0.5, 0.6) is 0 Å². The number of sulfonamides is 1. The van der Waals surface area contributed by atoms with E-state index in [1.807, 2.05) is 42.5 Å². The van der Waals surface area contributed by atoms with Crippen LogP contribution in [0.25, 0.3) is 11.1 Å². The van der Waals surface area contributed by atoms with Crippen molar-refractivity contribution in [1.82, 2.24) is 9.21 Å². The molecule has 0 saturated carbocycles. The summed E-state index contributed by atoms with van der Waals surface area (Å²) in [5.41, 5.74) is 2.03. The molecule has 1 aliphatic rings. The lowest BCUT2D eigenvalue weighted by molar-refractivity contribution is -0.119. The van der Waals surface area contributed by atoms with E-state index in [9.17, 15) is 13.2 Å². The van der Waals surface area contributed by atoms with Gasteiger partial charge in [0.1, 0.15) is 0 Å². The van der Waals surface area contributed by atoms with Gasteiger partial charge >= 0.3 is 0 Å². The van der Waals surface area contributed by atoms with Crippen molar-refractivity contribution in [2.45, 2.75) is 4.90 Å². The summed E-state index contributed by atoms with van der Waals surface area (Å²) in [6.45, 7) is 1.54. The number of amides is 1. The van der Waals surface area contributed by atoms with Crippen molar-refractivity contribution in [2.24, 2.45) is 0 Å². The van der Waals surface area contributed by atoms with Crippen molar-refractivity contribution < 1.29 is 13.2 Å². The Kier molecular flexibility index (Phi) is 4.45. The Balaban J connectivity index is 1.80.